The summed E-state index contributed by atoms with van der Waals surface area (Å²) in [5.41, 5.74) is 24.6. The van der Waals surface area contributed by atoms with E-state index in [0.717, 1.165) is 36.0 Å². The molecular formula is C79H102FN15O9S. The Morgan fingerprint density at radius 2 is 1.19 bits per heavy atom. The average Bonchev–Trinajstić information content (AvgIpc) is 1.68. The molecule has 7 aromatic rings. The van der Waals surface area contributed by atoms with Crippen LogP contribution in [0.5, 0.6) is 0 Å². The zero-order valence-corrected chi connectivity index (χ0v) is 60.7. The number of likely N-dealkylation sites (tertiary alicyclic amines) is 1. The van der Waals surface area contributed by atoms with Crippen molar-refractivity contribution < 1.29 is 47.9 Å². The number of ketones is 1. The summed E-state index contributed by atoms with van der Waals surface area (Å²) in [6.07, 6.45) is 6.57. The Kier molecular flexibility index (Phi) is 28.7. The van der Waals surface area contributed by atoms with E-state index < -0.39 is 102 Å². The van der Waals surface area contributed by atoms with E-state index >= 15 is 24.0 Å². The summed E-state index contributed by atoms with van der Waals surface area (Å²) in [6.45, 7) is 3.05. The van der Waals surface area contributed by atoms with Crippen LogP contribution in [-0.4, -0.2) is 178 Å². The Balaban J connectivity index is 0.959. The van der Waals surface area contributed by atoms with E-state index in [1.54, 1.807) is 60.8 Å². The highest BCUT2D eigenvalue weighted by Crippen LogP contribution is 2.45. The van der Waals surface area contributed by atoms with Crippen LogP contribution in [0.4, 0.5) is 4.39 Å². The highest BCUT2D eigenvalue weighted by Gasteiger charge is 2.41. The quantitative estimate of drug-likeness (QED) is 0.0230. The Morgan fingerprint density at radius 1 is 0.619 bits per heavy atom. The number of H-pyrrole nitrogens is 2. The first-order valence-corrected chi connectivity index (χ1v) is 38.0. The van der Waals surface area contributed by atoms with Crippen molar-refractivity contribution in [3.8, 4) is 0 Å². The maximum Gasteiger partial charge on any atom is 0.245 e. The van der Waals surface area contributed by atoms with Crippen molar-refractivity contribution in [2.75, 3.05) is 44.7 Å². The number of piperidine rings is 1. The predicted octanol–water partition coefficient (Wildman–Crippen LogP) is 4.90. The molecule has 10 rings (SSSR count). The Labute approximate surface area is 616 Å². The van der Waals surface area contributed by atoms with Crippen LogP contribution < -0.4 is 59.7 Å². The van der Waals surface area contributed by atoms with E-state index in [9.17, 15) is 23.9 Å². The molecule has 1 aliphatic carbocycles. The van der Waals surface area contributed by atoms with Crippen LogP contribution >= 0.6 is 11.8 Å². The Bertz CT molecular complexity index is 4100. The number of para-hydroxylation sites is 1. The summed E-state index contributed by atoms with van der Waals surface area (Å²) < 4.78 is 14.3. The smallest absolute Gasteiger partial charge is 0.245 e. The number of aliphatic hydroxyl groups is 1. The zero-order chi connectivity index (χ0) is 74.4. The summed E-state index contributed by atoms with van der Waals surface area (Å²) in [5, 5.41) is 37.0. The largest absolute Gasteiger partial charge is 0.391 e. The van der Waals surface area contributed by atoms with Crippen LogP contribution in [0.1, 0.15) is 117 Å². The normalized spacial score (nSPS) is 24.2. The molecule has 0 saturated carbocycles. The monoisotopic (exact) mass is 1460 g/mol. The minimum atomic E-state index is -1.66. The second-order valence-corrected chi connectivity index (χ2v) is 29.4. The molecule has 0 spiro atoms. The Morgan fingerprint density at radius 3 is 1.86 bits per heavy atom. The van der Waals surface area contributed by atoms with E-state index in [1.165, 1.54) is 53.2 Å². The average molecular weight is 1460 g/mol. The van der Waals surface area contributed by atoms with Gasteiger partial charge in [-0.3, -0.25) is 43.3 Å². The molecule has 0 radical (unpaired) electrons. The Hall–Kier alpha value is -9.47. The standard InChI is InChI=1S/C79H102FN15O9S/c1-48(96)71-78(104)90-64(39-51-30-32-55(80)33-31-51)69(97)29-11-5-10-25-61(84-36-37-105-47-52-38-58-57-23-16-27-60-70(57)54(45-87-60)43-68(58)95(2)46-52)72(98)88-63(28-17-35-85-79(82)83)73(99)91-65(40-49-18-6-3-7-19-49)75(101)92-66(41-50-20-8-4-9-21-50)76(102)93-67(42-53-44-86-59-24-13-12-22-56(53)59)77(103)89-62(74(100)94-71)26-14-15-34-81/h3-4,6-9,12-13,16,18-24,27,30-33,44-45,48,52,58,61-68,71,84,86-87,96H,5,10-11,14-15,17,25-26,28-29,34-43,46-47,81H2,1-2H3,(H,88,98)(H,89,103)(H,90,104)(H,91,99)(H,92,101)(H,93,102)(H,94,100)(H4,82,83,85)/t48-,52-,58-,61-,62+,63+,64+,65+,66+,67-,68-,71+/m1/s1. The number of nitrogens with two attached hydrogens (primary N) is 3. The number of guanidine groups is 1. The number of carbonyl (C=O) groups is 8. The molecule has 7 amide bonds. The summed E-state index contributed by atoms with van der Waals surface area (Å²) in [5.74, 6) is -3.96. The van der Waals surface area contributed by atoms with Crippen molar-refractivity contribution >= 4 is 86.7 Å². The van der Waals surface area contributed by atoms with Crippen molar-refractivity contribution in [2.45, 2.75) is 176 Å². The molecule has 5 aromatic carbocycles. The molecule has 2 saturated heterocycles. The maximum absolute atomic E-state index is 15.4. The first-order chi connectivity index (χ1) is 50.8. The van der Waals surface area contributed by atoms with E-state index in [-0.39, 0.29) is 82.6 Å². The molecule has 24 nitrogen and oxygen atoms in total. The number of aromatic amines is 2. The van der Waals surface area contributed by atoms with Gasteiger partial charge < -0.3 is 79.7 Å². The van der Waals surface area contributed by atoms with Gasteiger partial charge in [0.05, 0.1) is 18.2 Å². The number of fused-ring (bicyclic) bond motifs is 3. The summed E-state index contributed by atoms with van der Waals surface area (Å²) >= 11 is 1.82. The fourth-order valence-corrected chi connectivity index (χ4v) is 15.8. The van der Waals surface area contributed by atoms with E-state index in [0.29, 0.717) is 84.5 Å². The minimum Gasteiger partial charge on any atom is -0.391 e. The van der Waals surface area contributed by atoms with Gasteiger partial charge in [-0.05, 0) is 154 Å². The molecule has 2 aliphatic heterocycles. The maximum atomic E-state index is 15.4. The molecule has 17 N–H and O–H groups in total. The number of carbonyl (C=O) groups excluding carboxylic acids is 8. The number of hydrogen-bond acceptors (Lipinski definition) is 14. The van der Waals surface area contributed by atoms with Crippen LogP contribution in [0.2, 0.25) is 0 Å². The number of aliphatic imine (C=N–C) groups is 1. The van der Waals surface area contributed by atoms with Crippen molar-refractivity contribution in [3.05, 3.63) is 179 Å². The van der Waals surface area contributed by atoms with Crippen molar-refractivity contribution in [1.29, 1.82) is 0 Å². The molecule has 3 aliphatic rings. The summed E-state index contributed by atoms with van der Waals surface area (Å²) in [6, 6.07) is 27.2. The van der Waals surface area contributed by atoms with Gasteiger partial charge in [-0.25, -0.2) is 4.39 Å². The highest BCUT2D eigenvalue weighted by molar-refractivity contribution is 7.99. The third-order valence-corrected chi connectivity index (χ3v) is 21.6. The lowest BCUT2D eigenvalue weighted by molar-refractivity contribution is -0.136. The lowest BCUT2D eigenvalue weighted by atomic mass is 9.73. The zero-order valence-electron chi connectivity index (χ0n) is 59.9. The van der Waals surface area contributed by atoms with Gasteiger partial charge in [-0.2, -0.15) is 11.8 Å². The lowest BCUT2D eigenvalue weighted by Gasteiger charge is -2.45. The molecule has 2 aromatic heterocycles. The number of aromatic nitrogens is 2. The van der Waals surface area contributed by atoms with Crippen LogP contribution in [0.25, 0.3) is 21.8 Å². The van der Waals surface area contributed by atoms with Gasteiger partial charge in [0.15, 0.2) is 11.7 Å². The van der Waals surface area contributed by atoms with Gasteiger partial charge in [0.2, 0.25) is 41.4 Å². The van der Waals surface area contributed by atoms with Gasteiger partial charge in [0, 0.05) is 97.2 Å². The number of amides is 7. The number of halogens is 1. The molecular weight excluding hydrogens is 1350 g/mol. The number of hydrogen-bond donors (Lipinski definition) is 14. The molecule has 12 atom stereocenters. The van der Waals surface area contributed by atoms with Crippen LogP contribution in [0.3, 0.4) is 0 Å². The van der Waals surface area contributed by atoms with Crippen molar-refractivity contribution in [2.24, 2.45) is 28.1 Å². The number of benzene rings is 5. The van der Waals surface area contributed by atoms with E-state index in [4.69, 9.17) is 17.2 Å². The third-order valence-electron chi connectivity index (χ3n) is 20.4. The number of Topliss-reactive ketones (excluding diaryl/α,β-unsaturated/α-hetero) is 1. The fraction of sp³-hybridized carbons (Fsp3) is 0.456. The van der Waals surface area contributed by atoms with Crippen LogP contribution in [0.15, 0.2) is 145 Å². The van der Waals surface area contributed by atoms with Crippen LogP contribution in [0, 0.1) is 11.7 Å². The number of thioether (sulfide) groups is 1. The van der Waals surface area contributed by atoms with Gasteiger partial charge in [0.25, 0.3) is 0 Å². The molecule has 0 unspecified atom stereocenters. The number of rotatable bonds is 23. The molecule has 560 valence electrons. The number of nitrogens with zero attached hydrogens (tertiary/aromatic N) is 2. The lowest BCUT2D eigenvalue weighted by Crippen LogP contribution is -2.61. The second kappa shape index (κ2) is 38.5. The SMILES string of the molecule is C[C@@H](O)[C@@H]1NC(=O)[C@H](CCCCN)NC(=O)[C@@H](Cc2c[nH]c3ccccc23)NC(=O)[C@H](Cc2ccccc2)NC(=O)[C@H](Cc2ccccc2)NC(=O)[C@H](CCCN=C(N)N)NC(=O)[C@H](NCCSC[C@@H]2C[C@@H]3c4cccc5[nH]cc(c45)C[C@H]3N(C)C2)CCCCCC(=O)[C@H](Cc2ccc(F)cc2)NC1=O. The molecule has 105 heavy (non-hydrogen) atoms. The minimum absolute atomic E-state index is 0.00797. The number of likely N-dealkylation sites (N-methyl/N-ethyl adjacent to an activating group) is 1. The van der Waals surface area contributed by atoms with Crippen molar-refractivity contribution in [1.82, 2.24) is 57.4 Å². The highest BCUT2D eigenvalue weighted by atomic mass is 32.2. The molecule has 0 bridgehead atoms. The first kappa shape index (κ1) is 78.1. The molecule has 2 fully saturated rings. The predicted molar refractivity (Wildman–Crippen MR) is 407 cm³/mol. The van der Waals surface area contributed by atoms with Gasteiger partial charge in [-0.1, -0.05) is 116 Å². The van der Waals surface area contributed by atoms with Gasteiger partial charge in [0.1, 0.15) is 42.1 Å². The van der Waals surface area contributed by atoms with E-state index in [2.05, 4.69) is 93.8 Å². The first-order valence-electron chi connectivity index (χ1n) is 36.8. The topological polar surface area (TPSA) is 378 Å². The second-order valence-electron chi connectivity index (χ2n) is 28.3. The van der Waals surface area contributed by atoms with Gasteiger partial charge in [-0.15, -0.1) is 0 Å². The van der Waals surface area contributed by atoms with Gasteiger partial charge >= 0.3 is 0 Å². The van der Waals surface area contributed by atoms with Crippen molar-refractivity contribution in [3.63, 3.8) is 0 Å². The summed E-state index contributed by atoms with van der Waals surface area (Å²) in [4.78, 5) is 133. The fourth-order valence-electron chi connectivity index (χ4n) is 14.8. The molecule has 26 heteroatoms. The van der Waals surface area contributed by atoms with E-state index in [1.807, 2.05) is 42.1 Å². The number of aliphatic hydroxyl groups excluding tert-OH is 1. The summed E-state index contributed by atoms with van der Waals surface area (Å²) in [7, 11) is 2.22. The number of unbranched alkanes of at least 4 members (excludes halogenated alkanes) is 1. The van der Waals surface area contributed by atoms with Crippen LogP contribution in [-0.2, 0) is 70.5 Å². The third kappa shape index (κ3) is 22.1. The molecule has 4 heterocycles. The number of nitrogens with one attached hydrogen (secondary N) is 10.